The van der Waals surface area contributed by atoms with Crippen LogP contribution >= 0.6 is 28.1 Å². The average Bonchev–Trinajstić information content (AvgIpc) is 2.30. The van der Waals surface area contributed by atoms with Crippen molar-refractivity contribution in [2.75, 3.05) is 14.2 Å². The molecule has 0 unspecified atom stereocenters. The summed E-state index contributed by atoms with van der Waals surface area (Å²) in [4.78, 5) is 15.3. The van der Waals surface area contributed by atoms with Gasteiger partial charge in [0.25, 0.3) is 0 Å². The monoisotopic (exact) mass is 301 g/mol. The molecule has 0 heterocycles. The minimum atomic E-state index is -0.476. The smallest absolute Gasteiger partial charge is 0.341 e. The molecule has 0 amide bonds. The van der Waals surface area contributed by atoms with Gasteiger partial charge >= 0.3 is 5.97 Å². The first-order valence-corrected chi connectivity index (χ1v) is 5.38. The number of esters is 1. The second-order valence-corrected chi connectivity index (χ2v) is 3.74. The lowest BCUT2D eigenvalue weighted by molar-refractivity contribution is 0.0597. The Morgan fingerprint density at radius 2 is 2.19 bits per heavy atom. The van der Waals surface area contributed by atoms with E-state index in [1.54, 1.807) is 12.1 Å². The quantitative estimate of drug-likeness (QED) is 0.489. The Morgan fingerprint density at radius 1 is 1.50 bits per heavy atom. The summed E-state index contributed by atoms with van der Waals surface area (Å²) in [5.74, 6) is -0.102. The number of nitrogens with zero attached hydrogens (tertiary/aromatic N) is 1. The van der Waals surface area contributed by atoms with Gasteiger partial charge in [0.2, 0.25) is 0 Å². The van der Waals surface area contributed by atoms with Crippen molar-refractivity contribution in [3.05, 3.63) is 22.2 Å². The molecule has 16 heavy (non-hydrogen) atoms. The van der Waals surface area contributed by atoms with Crippen LogP contribution in [0.15, 0.2) is 21.6 Å². The molecule has 0 aliphatic rings. The molecule has 4 nitrogen and oxygen atoms in total. The van der Waals surface area contributed by atoms with E-state index < -0.39 is 5.97 Å². The van der Waals surface area contributed by atoms with Crippen molar-refractivity contribution in [2.45, 2.75) is 0 Å². The van der Waals surface area contributed by atoms with Gasteiger partial charge in [0, 0.05) is 10.5 Å². The maximum atomic E-state index is 11.4. The van der Waals surface area contributed by atoms with Gasteiger partial charge in [0.1, 0.15) is 11.3 Å². The molecule has 1 aromatic carbocycles. The Morgan fingerprint density at radius 3 is 2.69 bits per heavy atom. The first kappa shape index (κ1) is 12.8. The fourth-order valence-electron chi connectivity index (χ4n) is 1.12. The molecule has 1 rings (SSSR count). The molecule has 6 heteroatoms. The molecule has 0 spiro atoms. The zero-order chi connectivity index (χ0) is 12.1. The summed E-state index contributed by atoms with van der Waals surface area (Å²) in [5, 5.41) is 2.25. The molecule has 0 fully saturated rings. The van der Waals surface area contributed by atoms with Crippen molar-refractivity contribution in [3.8, 4) is 5.75 Å². The van der Waals surface area contributed by atoms with Gasteiger partial charge in [-0.15, -0.1) is 0 Å². The number of methoxy groups -OCH3 is 2. The second-order valence-electron chi connectivity index (χ2n) is 2.70. The van der Waals surface area contributed by atoms with Crippen LogP contribution in [0.2, 0.25) is 0 Å². The van der Waals surface area contributed by atoms with Crippen molar-refractivity contribution >= 4 is 45.0 Å². The number of ether oxygens (including phenoxy) is 2. The maximum absolute atomic E-state index is 11.4. The second kappa shape index (κ2) is 5.75. The summed E-state index contributed by atoms with van der Waals surface area (Å²) >= 11 is 7.78. The Balaban J connectivity index is 3.37. The molecule has 1 aromatic rings. The highest BCUT2D eigenvalue weighted by Gasteiger charge is 2.15. The van der Waals surface area contributed by atoms with E-state index in [1.165, 1.54) is 14.2 Å². The van der Waals surface area contributed by atoms with Gasteiger partial charge < -0.3 is 9.47 Å². The molecule has 0 N–H and O–H groups in total. The highest BCUT2D eigenvalue weighted by molar-refractivity contribution is 9.10. The summed E-state index contributed by atoms with van der Waals surface area (Å²) < 4.78 is 10.3. The third-order valence-corrected chi connectivity index (χ3v) is 2.57. The molecule has 0 saturated heterocycles. The first-order valence-electron chi connectivity index (χ1n) is 4.17. The lowest BCUT2D eigenvalue weighted by Crippen LogP contribution is -2.04. The number of thiocarbonyl (C=S) groups is 1. The summed E-state index contributed by atoms with van der Waals surface area (Å²) in [6, 6.07) is 3.14. The SMILES string of the molecule is COC(=O)c1cc(Br)c(N=C=S)cc1OC. The molecular weight excluding hydrogens is 294 g/mol. The van der Waals surface area contributed by atoms with Crippen molar-refractivity contribution in [3.63, 3.8) is 0 Å². The van der Waals surface area contributed by atoms with Crippen LogP contribution in [0, 0.1) is 0 Å². The minimum Gasteiger partial charge on any atom is -0.496 e. The van der Waals surface area contributed by atoms with Crippen molar-refractivity contribution in [1.29, 1.82) is 0 Å². The zero-order valence-corrected chi connectivity index (χ0v) is 11.0. The predicted molar refractivity (Wildman–Crippen MR) is 66.7 cm³/mol. The molecule has 84 valence electrons. The summed E-state index contributed by atoms with van der Waals surface area (Å²) in [6.07, 6.45) is 0. The van der Waals surface area contributed by atoms with Gasteiger partial charge in [-0.1, -0.05) is 0 Å². The van der Waals surface area contributed by atoms with Gasteiger partial charge in [0.05, 0.1) is 25.1 Å². The van der Waals surface area contributed by atoms with Crippen LogP contribution in [-0.4, -0.2) is 25.4 Å². The lowest BCUT2D eigenvalue weighted by atomic mass is 10.2. The van der Waals surface area contributed by atoms with Gasteiger partial charge in [-0.25, -0.2) is 4.79 Å². The number of halogens is 1. The third-order valence-electron chi connectivity index (χ3n) is 1.84. The minimum absolute atomic E-state index is 0.320. The van der Waals surface area contributed by atoms with E-state index in [4.69, 9.17) is 4.74 Å². The largest absolute Gasteiger partial charge is 0.496 e. The molecular formula is C10H8BrNO3S. The van der Waals surface area contributed by atoms with Crippen LogP contribution in [0.5, 0.6) is 5.75 Å². The Kier molecular flexibility index (Phi) is 4.61. The van der Waals surface area contributed by atoms with E-state index in [0.29, 0.717) is 21.5 Å². The fraction of sp³-hybridized carbons (Fsp3) is 0.200. The van der Waals surface area contributed by atoms with Gasteiger partial charge in [-0.2, -0.15) is 4.99 Å². The van der Waals surface area contributed by atoms with Crippen molar-refractivity contribution < 1.29 is 14.3 Å². The van der Waals surface area contributed by atoms with Crippen LogP contribution < -0.4 is 4.74 Å². The summed E-state index contributed by atoms with van der Waals surface area (Å²) in [6.45, 7) is 0. The van der Waals surface area contributed by atoms with E-state index in [1.807, 2.05) is 0 Å². The Bertz CT molecular complexity index is 469. The van der Waals surface area contributed by atoms with E-state index in [-0.39, 0.29) is 0 Å². The van der Waals surface area contributed by atoms with E-state index in [9.17, 15) is 4.79 Å². The maximum Gasteiger partial charge on any atom is 0.341 e. The summed E-state index contributed by atoms with van der Waals surface area (Å²) in [5.41, 5.74) is 0.861. The molecule has 0 atom stereocenters. The number of hydrogen-bond acceptors (Lipinski definition) is 5. The average molecular weight is 302 g/mol. The predicted octanol–water partition coefficient (Wildman–Crippen LogP) is 2.98. The van der Waals surface area contributed by atoms with Gasteiger partial charge in [-0.05, 0) is 34.2 Å². The number of benzene rings is 1. The number of carbonyl (C=O) groups excluding carboxylic acids is 1. The van der Waals surface area contributed by atoms with Crippen LogP contribution in [-0.2, 0) is 4.74 Å². The zero-order valence-electron chi connectivity index (χ0n) is 8.61. The molecule has 0 aromatic heterocycles. The number of rotatable bonds is 3. The first-order chi connectivity index (χ1) is 7.63. The van der Waals surface area contributed by atoms with Crippen LogP contribution in [0.1, 0.15) is 10.4 Å². The number of hydrogen-bond donors (Lipinski definition) is 0. The highest BCUT2D eigenvalue weighted by atomic mass is 79.9. The third kappa shape index (κ3) is 2.66. The Labute approximate surface area is 106 Å². The number of isothiocyanates is 1. The number of aliphatic imine (C=N–C) groups is 1. The molecule has 0 aliphatic carbocycles. The van der Waals surface area contributed by atoms with E-state index >= 15 is 0 Å². The standard InChI is InChI=1S/C10H8BrNO3S/c1-14-9-4-8(12-5-16)7(11)3-6(9)10(13)15-2/h3-4H,1-2H3. The van der Waals surface area contributed by atoms with Gasteiger partial charge in [-0.3, -0.25) is 0 Å². The normalized spacial score (nSPS) is 9.19. The van der Waals surface area contributed by atoms with Crippen LogP contribution in [0.25, 0.3) is 0 Å². The van der Waals surface area contributed by atoms with E-state index in [0.717, 1.165) is 0 Å². The topological polar surface area (TPSA) is 47.9 Å². The molecule has 0 saturated carbocycles. The molecule has 0 bridgehead atoms. The Hall–Kier alpha value is -1.23. The van der Waals surface area contributed by atoms with Crippen LogP contribution in [0.3, 0.4) is 0 Å². The van der Waals surface area contributed by atoms with Crippen molar-refractivity contribution in [1.82, 2.24) is 0 Å². The fourth-order valence-corrected chi connectivity index (χ4v) is 1.65. The van der Waals surface area contributed by atoms with Crippen LogP contribution in [0.4, 0.5) is 5.69 Å². The molecule has 0 radical (unpaired) electrons. The van der Waals surface area contributed by atoms with Gasteiger partial charge in [0.15, 0.2) is 0 Å². The lowest BCUT2D eigenvalue weighted by Gasteiger charge is -2.08. The molecule has 0 aliphatic heterocycles. The van der Waals surface area contributed by atoms with Crippen molar-refractivity contribution in [2.24, 2.45) is 4.99 Å². The highest BCUT2D eigenvalue weighted by Crippen LogP contribution is 2.33. The van der Waals surface area contributed by atoms with E-state index in [2.05, 4.69) is 43.0 Å². The summed E-state index contributed by atoms with van der Waals surface area (Å²) in [7, 11) is 2.76. The number of carbonyl (C=O) groups is 1.